The Balaban J connectivity index is 1.77. The highest BCUT2D eigenvalue weighted by molar-refractivity contribution is 6.31. The van der Waals surface area contributed by atoms with E-state index in [-0.39, 0.29) is 11.7 Å². The molecular formula is C19H15ClFN3O. The Morgan fingerprint density at radius 3 is 2.60 bits per heavy atom. The predicted molar refractivity (Wildman–Crippen MR) is 98.1 cm³/mol. The van der Waals surface area contributed by atoms with Crippen LogP contribution in [-0.2, 0) is 0 Å². The van der Waals surface area contributed by atoms with Crippen LogP contribution < -0.4 is 10.6 Å². The maximum atomic E-state index is 13.0. The van der Waals surface area contributed by atoms with Crippen LogP contribution >= 0.6 is 11.6 Å². The summed E-state index contributed by atoms with van der Waals surface area (Å²) in [6, 6.07) is 12.9. The number of hydrogen-bond acceptors (Lipinski definition) is 3. The molecular weight excluding hydrogens is 341 g/mol. The molecule has 2 aromatic carbocycles. The number of hydrogen-bond donors (Lipinski definition) is 2. The molecule has 0 saturated heterocycles. The van der Waals surface area contributed by atoms with Crippen LogP contribution in [0.5, 0.6) is 0 Å². The largest absolute Gasteiger partial charge is 0.354 e. The normalized spacial score (nSPS) is 10.4. The van der Waals surface area contributed by atoms with Crippen molar-refractivity contribution in [2.24, 2.45) is 0 Å². The Labute approximate surface area is 149 Å². The molecule has 0 bridgehead atoms. The van der Waals surface area contributed by atoms with Crippen LogP contribution in [0.15, 0.2) is 60.9 Å². The molecule has 0 aliphatic heterocycles. The van der Waals surface area contributed by atoms with E-state index in [1.165, 1.54) is 18.3 Å². The number of anilines is 3. The van der Waals surface area contributed by atoms with Gasteiger partial charge in [-0.25, -0.2) is 4.39 Å². The lowest BCUT2D eigenvalue weighted by Gasteiger charge is -2.11. The van der Waals surface area contributed by atoms with Crippen LogP contribution in [0.3, 0.4) is 0 Å². The van der Waals surface area contributed by atoms with Crippen molar-refractivity contribution in [2.75, 3.05) is 10.6 Å². The first-order valence-electron chi connectivity index (χ1n) is 7.57. The van der Waals surface area contributed by atoms with E-state index < -0.39 is 0 Å². The van der Waals surface area contributed by atoms with Gasteiger partial charge in [0.15, 0.2) is 0 Å². The Kier molecular flexibility index (Phi) is 4.95. The highest BCUT2D eigenvalue weighted by Gasteiger charge is 2.10. The molecule has 4 nitrogen and oxygen atoms in total. The highest BCUT2D eigenvalue weighted by Crippen LogP contribution is 2.24. The van der Waals surface area contributed by atoms with Gasteiger partial charge in [-0.15, -0.1) is 0 Å². The van der Waals surface area contributed by atoms with Gasteiger partial charge in [-0.05, 0) is 55.0 Å². The lowest BCUT2D eigenvalue weighted by molar-refractivity contribution is 0.102. The van der Waals surface area contributed by atoms with E-state index in [1.807, 2.05) is 6.92 Å². The van der Waals surface area contributed by atoms with Crippen LogP contribution in [0.1, 0.15) is 15.9 Å². The second-order valence-corrected chi connectivity index (χ2v) is 5.87. The molecule has 1 aromatic heterocycles. The number of halogens is 2. The summed E-state index contributed by atoms with van der Waals surface area (Å²) in [5.74, 6) is -0.602. The number of nitrogens with one attached hydrogen (secondary N) is 2. The number of amides is 1. The van der Waals surface area contributed by atoms with E-state index in [2.05, 4.69) is 15.6 Å². The van der Waals surface area contributed by atoms with Crippen LogP contribution in [0, 0.1) is 12.7 Å². The van der Waals surface area contributed by atoms with Crippen molar-refractivity contribution in [3.8, 4) is 0 Å². The molecule has 0 unspecified atom stereocenters. The van der Waals surface area contributed by atoms with E-state index in [0.29, 0.717) is 27.6 Å². The molecule has 6 heteroatoms. The topological polar surface area (TPSA) is 54.0 Å². The Hall–Kier alpha value is -2.92. The van der Waals surface area contributed by atoms with Crippen molar-refractivity contribution in [1.29, 1.82) is 0 Å². The van der Waals surface area contributed by atoms with E-state index in [0.717, 1.165) is 5.56 Å². The molecule has 3 aromatic rings. The number of rotatable bonds is 4. The van der Waals surface area contributed by atoms with E-state index in [9.17, 15) is 9.18 Å². The minimum Gasteiger partial charge on any atom is -0.354 e. The van der Waals surface area contributed by atoms with Gasteiger partial charge in [-0.3, -0.25) is 9.78 Å². The standard InChI is InChI=1S/C19H15ClFN3O/c1-12-17(20)3-2-4-18(12)24-19(25)13-9-16(11-22-10-13)23-15-7-5-14(21)6-8-15/h2-11,23H,1H3,(H,24,25). The highest BCUT2D eigenvalue weighted by atomic mass is 35.5. The zero-order valence-electron chi connectivity index (χ0n) is 13.4. The summed E-state index contributed by atoms with van der Waals surface area (Å²) in [7, 11) is 0. The van der Waals surface area contributed by atoms with Gasteiger partial charge in [0, 0.05) is 22.6 Å². The van der Waals surface area contributed by atoms with E-state index >= 15 is 0 Å². The minimum absolute atomic E-state index is 0.291. The average Bonchev–Trinajstić information content (AvgIpc) is 2.61. The second-order valence-electron chi connectivity index (χ2n) is 5.46. The fraction of sp³-hybridized carbons (Fsp3) is 0.0526. The number of carbonyl (C=O) groups is 1. The van der Waals surface area contributed by atoms with Crippen molar-refractivity contribution in [3.63, 3.8) is 0 Å². The molecule has 126 valence electrons. The first-order chi connectivity index (χ1) is 12.0. The summed E-state index contributed by atoms with van der Waals surface area (Å²) < 4.78 is 13.0. The summed E-state index contributed by atoms with van der Waals surface area (Å²) in [5, 5.41) is 6.49. The molecule has 0 atom stereocenters. The van der Waals surface area contributed by atoms with Crippen molar-refractivity contribution < 1.29 is 9.18 Å². The molecule has 0 aliphatic carbocycles. The van der Waals surface area contributed by atoms with Gasteiger partial charge in [-0.2, -0.15) is 0 Å². The molecule has 25 heavy (non-hydrogen) atoms. The van der Waals surface area contributed by atoms with Crippen LogP contribution in [0.25, 0.3) is 0 Å². The fourth-order valence-electron chi connectivity index (χ4n) is 2.27. The molecule has 0 spiro atoms. The smallest absolute Gasteiger partial charge is 0.257 e. The van der Waals surface area contributed by atoms with Crippen LogP contribution in [0.2, 0.25) is 5.02 Å². The summed E-state index contributed by atoms with van der Waals surface area (Å²) in [4.78, 5) is 16.5. The van der Waals surface area contributed by atoms with Gasteiger partial charge < -0.3 is 10.6 Å². The van der Waals surface area contributed by atoms with Gasteiger partial charge in [0.05, 0.1) is 17.4 Å². The minimum atomic E-state index is -0.311. The lowest BCUT2D eigenvalue weighted by Crippen LogP contribution is -2.13. The SMILES string of the molecule is Cc1c(Cl)cccc1NC(=O)c1cncc(Nc2ccc(F)cc2)c1. The molecule has 0 saturated carbocycles. The quantitative estimate of drug-likeness (QED) is 0.678. The molecule has 0 fully saturated rings. The van der Waals surface area contributed by atoms with Crippen molar-refractivity contribution >= 4 is 34.6 Å². The Morgan fingerprint density at radius 1 is 1.08 bits per heavy atom. The average molecular weight is 356 g/mol. The number of carbonyl (C=O) groups excluding carboxylic acids is 1. The third-order valence-electron chi connectivity index (χ3n) is 3.65. The summed E-state index contributed by atoms with van der Waals surface area (Å²) in [6.07, 6.45) is 3.07. The number of nitrogens with zero attached hydrogens (tertiary/aromatic N) is 1. The van der Waals surface area contributed by atoms with Gasteiger partial charge >= 0.3 is 0 Å². The van der Waals surface area contributed by atoms with E-state index in [1.54, 1.807) is 42.6 Å². The molecule has 3 rings (SSSR count). The monoisotopic (exact) mass is 355 g/mol. The van der Waals surface area contributed by atoms with Gasteiger partial charge in [-0.1, -0.05) is 17.7 Å². The molecule has 0 aliphatic rings. The maximum absolute atomic E-state index is 13.0. The first-order valence-corrected chi connectivity index (χ1v) is 7.95. The first kappa shape index (κ1) is 16.9. The summed E-state index contributed by atoms with van der Waals surface area (Å²) in [6.45, 7) is 1.84. The third kappa shape index (κ3) is 4.14. The molecule has 0 radical (unpaired) electrons. The van der Waals surface area contributed by atoms with Gasteiger partial charge in [0.2, 0.25) is 0 Å². The third-order valence-corrected chi connectivity index (χ3v) is 4.06. The summed E-state index contributed by atoms with van der Waals surface area (Å²) >= 11 is 6.07. The molecule has 1 heterocycles. The second kappa shape index (κ2) is 7.32. The molecule has 2 N–H and O–H groups in total. The summed E-state index contributed by atoms with van der Waals surface area (Å²) in [5.41, 5.74) is 3.17. The molecule has 1 amide bonds. The Bertz CT molecular complexity index is 913. The van der Waals surface area contributed by atoms with Crippen molar-refractivity contribution in [2.45, 2.75) is 6.92 Å². The fourth-order valence-corrected chi connectivity index (χ4v) is 2.44. The van der Waals surface area contributed by atoms with Crippen LogP contribution in [0.4, 0.5) is 21.5 Å². The Morgan fingerprint density at radius 2 is 1.84 bits per heavy atom. The van der Waals surface area contributed by atoms with Crippen LogP contribution in [-0.4, -0.2) is 10.9 Å². The van der Waals surface area contributed by atoms with Gasteiger partial charge in [0.1, 0.15) is 5.82 Å². The zero-order valence-corrected chi connectivity index (χ0v) is 14.1. The predicted octanol–water partition coefficient (Wildman–Crippen LogP) is 5.18. The van der Waals surface area contributed by atoms with E-state index in [4.69, 9.17) is 11.6 Å². The zero-order chi connectivity index (χ0) is 17.8. The van der Waals surface area contributed by atoms with Crippen molar-refractivity contribution in [3.05, 3.63) is 82.9 Å². The maximum Gasteiger partial charge on any atom is 0.257 e. The lowest BCUT2D eigenvalue weighted by atomic mass is 10.2. The number of aromatic nitrogens is 1. The number of benzene rings is 2. The van der Waals surface area contributed by atoms with Crippen molar-refractivity contribution in [1.82, 2.24) is 4.98 Å². The number of pyridine rings is 1. The van der Waals surface area contributed by atoms with Gasteiger partial charge in [0.25, 0.3) is 5.91 Å².